The van der Waals surface area contributed by atoms with Crippen LogP contribution in [0.25, 0.3) is 0 Å². The van der Waals surface area contributed by atoms with Crippen molar-refractivity contribution in [1.29, 1.82) is 0 Å². The Bertz CT molecular complexity index is 956. The minimum absolute atomic E-state index is 0.128. The molecule has 0 bridgehead atoms. The van der Waals surface area contributed by atoms with Crippen molar-refractivity contribution in [3.63, 3.8) is 0 Å². The lowest BCUT2D eigenvalue weighted by atomic mass is 9.92. The van der Waals surface area contributed by atoms with Crippen molar-refractivity contribution in [3.05, 3.63) is 65.5 Å². The van der Waals surface area contributed by atoms with Gasteiger partial charge in [-0.25, -0.2) is 14.0 Å². The third-order valence-corrected chi connectivity index (χ3v) is 4.48. The molecule has 0 aliphatic carbocycles. The predicted molar refractivity (Wildman–Crippen MR) is 96.1 cm³/mol. The van der Waals surface area contributed by atoms with Crippen LogP contribution in [0.4, 0.5) is 9.18 Å². The molecule has 0 saturated carbocycles. The summed E-state index contributed by atoms with van der Waals surface area (Å²) in [5, 5.41) is 2.52. The minimum atomic E-state index is -1.41. The first-order valence-corrected chi connectivity index (χ1v) is 8.42. The summed E-state index contributed by atoms with van der Waals surface area (Å²) >= 11 is 0. The zero-order valence-corrected chi connectivity index (χ0v) is 15.2. The van der Waals surface area contributed by atoms with Gasteiger partial charge < -0.3 is 10.1 Å². The fourth-order valence-electron chi connectivity index (χ4n) is 2.87. The summed E-state index contributed by atoms with van der Waals surface area (Å²) in [6.07, 6.45) is 0. The van der Waals surface area contributed by atoms with Crippen molar-refractivity contribution in [2.24, 2.45) is 0 Å². The highest BCUT2D eigenvalue weighted by Crippen LogP contribution is 2.29. The van der Waals surface area contributed by atoms with Gasteiger partial charge in [-0.05, 0) is 55.8 Å². The topological polar surface area (TPSA) is 92.8 Å². The fourth-order valence-corrected chi connectivity index (χ4v) is 2.87. The van der Waals surface area contributed by atoms with Gasteiger partial charge in [-0.15, -0.1) is 0 Å². The SMILES string of the molecule is CC(=O)c1ccc(OC(=O)CN2C(=O)NC(C)(c3ccc(F)cc3)C2=O)cc1. The smallest absolute Gasteiger partial charge is 0.331 e. The van der Waals surface area contributed by atoms with Crippen LogP contribution in [0.1, 0.15) is 29.8 Å². The molecular weight excluding hydrogens is 367 g/mol. The Morgan fingerprint density at radius 3 is 2.25 bits per heavy atom. The van der Waals surface area contributed by atoms with Gasteiger partial charge in [0.2, 0.25) is 0 Å². The number of halogens is 1. The summed E-state index contributed by atoms with van der Waals surface area (Å²) < 4.78 is 18.3. The van der Waals surface area contributed by atoms with Crippen molar-refractivity contribution >= 4 is 23.7 Å². The highest BCUT2D eigenvalue weighted by atomic mass is 19.1. The number of amides is 3. The molecule has 3 rings (SSSR count). The van der Waals surface area contributed by atoms with E-state index in [1.165, 1.54) is 62.4 Å². The molecule has 144 valence electrons. The summed E-state index contributed by atoms with van der Waals surface area (Å²) in [7, 11) is 0. The number of esters is 1. The number of carbonyl (C=O) groups is 4. The summed E-state index contributed by atoms with van der Waals surface area (Å²) in [4.78, 5) is 49.1. The number of Topliss-reactive ketones (excluding diaryl/α,β-unsaturated/α-hetero) is 1. The van der Waals surface area contributed by atoms with Crippen LogP contribution in [-0.2, 0) is 15.1 Å². The summed E-state index contributed by atoms with van der Waals surface area (Å²) in [5.41, 5.74) is -0.555. The fraction of sp³-hybridized carbons (Fsp3) is 0.200. The van der Waals surface area contributed by atoms with E-state index in [-0.39, 0.29) is 11.5 Å². The number of hydrogen-bond donors (Lipinski definition) is 1. The second-order valence-corrected chi connectivity index (χ2v) is 6.51. The first-order valence-electron chi connectivity index (χ1n) is 8.42. The molecule has 28 heavy (non-hydrogen) atoms. The number of imide groups is 1. The largest absolute Gasteiger partial charge is 0.425 e. The lowest BCUT2D eigenvalue weighted by Crippen LogP contribution is -2.42. The maximum absolute atomic E-state index is 13.1. The van der Waals surface area contributed by atoms with Gasteiger partial charge in [0, 0.05) is 5.56 Å². The second-order valence-electron chi connectivity index (χ2n) is 6.51. The highest BCUT2D eigenvalue weighted by molar-refractivity contribution is 6.08. The van der Waals surface area contributed by atoms with Crippen molar-refractivity contribution < 1.29 is 28.3 Å². The molecule has 0 radical (unpaired) electrons. The lowest BCUT2D eigenvalue weighted by molar-refractivity contribution is -0.140. The molecule has 1 unspecified atom stereocenters. The zero-order chi connectivity index (χ0) is 20.5. The number of carbonyl (C=O) groups excluding carboxylic acids is 4. The van der Waals surface area contributed by atoms with Gasteiger partial charge in [-0.2, -0.15) is 0 Å². The van der Waals surface area contributed by atoms with Gasteiger partial charge in [0.25, 0.3) is 5.91 Å². The number of benzene rings is 2. The molecule has 1 saturated heterocycles. The van der Waals surface area contributed by atoms with E-state index in [0.29, 0.717) is 11.1 Å². The van der Waals surface area contributed by atoms with Gasteiger partial charge in [-0.1, -0.05) is 12.1 Å². The summed E-state index contributed by atoms with van der Waals surface area (Å²) in [5.74, 6) is -1.88. The van der Waals surface area contributed by atoms with Crippen molar-refractivity contribution in [3.8, 4) is 5.75 Å². The van der Waals surface area contributed by atoms with Crippen LogP contribution >= 0.6 is 0 Å². The highest BCUT2D eigenvalue weighted by Gasteiger charge is 2.49. The van der Waals surface area contributed by atoms with E-state index in [2.05, 4.69) is 5.32 Å². The number of hydrogen-bond acceptors (Lipinski definition) is 5. The normalized spacial score (nSPS) is 18.8. The van der Waals surface area contributed by atoms with Crippen LogP contribution in [0.5, 0.6) is 5.75 Å². The first kappa shape index (κ1) is 19.2. The third kappa shape index (κ3) is 3.62. The monoisotopic (exact) mass is 384 g/mol. The Balaban J connectivity index is 1.70. The molecule has 1 aliphatic heterocycles. The molecule has 2 aromatic rings. The number of nitrogens with zero attached hydrogens (tertiary/aromatic N) is 1. The Kier molecular flexibility index (Phi) is 4.96. The van der Waals surface area contributed by atoms with Gasteiger partial charge in [0.05, 0.1) is 0 Å². The number of ketones is 1. The second kappa shape index (κ2) is 7.22. The molecule has 0 aromatic heterocycles. The van der Waals surface area contributed by atoms with Crippen LogP contribution in [-0.4, -0.2) is 35.1 Å². The Labute approximate surface area is 160 Å². The van der Waals surface area contributed by atoms with Gasteiger partial charge in [-0.3, -0.25) is 14.5 Å². The van der Waals surface area contributed by atoms with Crippen LogP contribution < -0.4 is 10.1 Å². The van der Waals surface area contributed by atoms with E-state index in [4.69, 9.17) is 4.74 Å². The average molecular weight is 384 g/mol. The molecule has 1 fully saturated rings. The van der Waals surface area contributed by atoms with E-state index in [0.717, 1.165) is 4.90 Å². The maximum Gasteiger partial charge on any atom is 0.331 e. The molecule has 0 spiro atoms. The van der Waals surface area contributed by atoms with Gasteiger partial charge >= 0.3 is 12.0 Å². The molecule has 3 amide bonds. The molecular formula is C20H17FN2O5. The number of ether oxygens (including phenoxy) is 1. The standard InChI is InChI=1S/C20H17FN2O5/c1-12(24)13-3-9-16(10-4-13)28-17(25)11-23-18(26)20(2,22-19(23)27)14-5-7-15(21)8-6-14/h3-10H,11H2,1-2H3,(H,22,27). The molecule has 1 N–H and O–H groups in total. The third-order valence-electron chi connectivity index (χ3n) is 4.48. The Morgan fingerprint density at radius 1 is 1.07 bits per heavy atom. The van der Waals surface area contributed by atoms with Gasteiger partial charge in [0.15, 0.2) is 5.78 Å². The lowest BCUT2D eigenvalue weighted by Gasteiger charge is -2.22. The van der Waals surface area contributed by atoms with E-state index in [1.807, 2.05) is 0 Å². The number of rotatable bonds is 5. The van der Waals surface area contributed by atoms with Crippen molar-refractivity contribution in [2.45, 2.75) is 19.4 Å². The molecule has 1 atom stereocenters. The van der Waals surface area contributed by atoms with Crippen LogP contribution in [0.15, 0.2) is 48.5 Å². The maximum atomic E-state index is 13.1. The van der Waals surface area contributed by atoms with Crippen molar-refractivity contribution in [1.82, 2.24) is 10.2 Å². The van der Waals surface area contributed by atoms with Gasteiger partial charge in [0.1, 0.15) is 23.7 Å². The Morgan fingerprint density at radius 2 is 1.68 bits per heavy atom. The average Bonchev–Trinajstić information content (AvgIpc) is 2.86. The van der Waals surface area contributed by atoms with E-state index in [1.54, 1.807) is 0 Å². The quantitative estimate of drug-likeness (QED) is 0.370. The molecule has 8 heteroatoms. The number of urea groups is 1. The summed E-state index contributed by atoms with van der Waals surface area (Å²) in [6, 6.07) is 10.3. The first-order chi connectivity index (χ1) is 13.2. The predicted octanol–water partition coefficient (Wildman–Crippen LogP) is 2.40. The van der Waals surface area contributed by atoms with E-state index < -0.39 is 35.8 Å². The zero-order valence-electron chi connectivity index (χ0n) is 15.2. The van der Waals surface area contributed by atoms with Crippen LogP contribution in [0, 0.1) is 5.82 Å². The minimum Gasteiger partial charge on any atom is -0.425 e. The van der Waals surface area contributed by atoms with Crippen LogP contribution in [0.2, 0.25) is 0 Å². The molecule has 7 nitrogen and oxygen atoms in total. The van der Waals surface area contributed by atoms with Crippen molar-refractivity contribution in [2.75, 3.05) is 6.54 Å². The molecule has 1 heterocycles. The molecule has 1 aliphatic rings. The Hall–Kier alpha value is -3.55. The van der Waals surface area contributed by atoms with Crippen LogP contribution in [0.3, 0.4) is 0 Å². The summed E-state index contributed by atoms with van der Waals surface area (Å²) in [6.45, 7) is 2.30. The van der Waals surface area contributed by atoms with E-state index >= 15 is 0 Å². The van der Waals surface area contributed by atoms with E-state index in [9.17, 15) is 23.6 Å². The number of nitrogens with one attached hydrogen (secondary N) is 1. The molecule has 2 aromatic carbocycles.